The second-order valence-corrected chi connectivity index (χ2v) is 5.93. The van der Waals surface area contributed by atoms with Gasteiger partial charge in [-0.15, -0.1) is 0 Å². The summed E-state index contributed by atoms with van der Waals surface area (Å²) in [6, 6.07) is 4.73. The first-order valence-corrected chi connectivity index (χ1v) is 7.34. The third-order valence-corrected chi connectivity index (χ3v) is 4.30. The summed E-state index contributed by atoms with van der Waals surface area (Å²) in [5.41, 5.74) is 0.884. The number of carbonyl (C=O) groups is 2. The smallest absolute Gasteiger partial charge is 0.335 e. The Labute approximate surface area is 128 Å². The SMILES string of the molecule is Cc1cc(C(=O)O)cc(C(=O)N2CCOCC23CCOC3)c1. The highest BCUT2D eigenvalue weighted by molar-refractivity contribution is 5.98. The van der Waals surface area contributed by atoms with E-state index < -0.39 is 11.5 Å². The van der Waals surface area contributed by atoms with Gasteiger partial charge in [0.2, 0.25) is 0 Å². The summed E-state index contributed by atoms with van der Waals surface area (Å²) in [7, 11) is 0. The van der Waals surface area contributed by atoms with Gasteiger partial charge in [-0.05, 0) is 37.1 Å². The Morgan fingerprint density at radius 2 is 1.82 bits per heavy atom. The molecule has 3 rings (SSSR count). The zero-order valence-corrected chi connectivity index (χ0v) is 12.5. The van der Waals surface area contributed by atoms with Crippen molar-refractivity contribution in [1.82, 2.24) is 4.90 Å². The van der Waals surface area contributed by atoms with E-state index in [0.717, 1.165) is 12.0 Å². The Kier molecular flexibility index (Phi) is 3.88. The molecule has 6 nitrogen and oxygen atoms in total. The zero-order chi connectivity index (χ0) is 15.7. The molecule has 2 aliphatic heterocycles. The fraction of sp³-hybridized carbons (Fsp3) is 0.500. The fourth-order valence-electron chi connectivity index (χ4n) is 3.16. The molecule has 2 saturated heterocycles. The Morgan fingerprint density at radius 1 is 1.14 bits per heavy atom. The minimum atomic E-state index is -1.03. The largest absolute Gasteiger partial charge is 0.478 e. The topological polar surface area (TPSA) is 76.1 Å². The number of rotatable bonds is 2. The molecule has 1 amide bonds. The molecule has 22 heavy (non-hydrogen) atoms. The van der Waals surface area contributed by atoms with Crippen molar-refractivity contribution in [2.45, 2.75) is 18.9 Å². The number of aromatic carboxylic acids is 1. The highest BCUT2D eigenvalue weighted by Crippen LogP contribution is 2.31. The lowest BCUT2D eigenvalue weighted by molar-refractivity contribution is -0.0551. The highest BCUT2D eigenvalue weighted by Gasteiger charge is 2.45. The van der Waals surface area contributed by atoms with Crippen LogP contribution in [0, 0.1) is 6.92 Å². The van der Waals surface area contributed by atoms with Crippen LogP contribution in [-0.2, 0) is 9.47 Å². The Balaban J connectivity index is 1.94. The first kappa shape index (κ1) is 15.0. The molecular weight excluding hydrogens is 286 g/mol. The third-order valence-electron chi connectivity index (χ3n) is 4.30. The molecule has 0 aliphatic carbocycles. The molecule has 2 heterocycles. The second kappa shape index (κ2) is 5.70. The number of hydrogen-bond acceptors (Lipinski definition) is 4. The maximum atomic E-state index is 12.9. The predicted molar refractivity (Wildman–Crippen MR) is 78.2 cm³/mol. The van der Waals surface area contributed by atoms with Gasteiger partial charge < -0.3 is 19.5 Å². The van der Waals surface area contributed by atoms with Gasteiger partial charge in [0.1, 0.15) is 0 Å². The molecule has 1 aromatic carbocycles. The molecule has 118 valence electrons. The van der Waals surface area contributed by atoms with E-state index in [0.29, 0.717) is 38.5 Å². The van der Waals surface area contributed by atoms with Crippen molar-refractivity contribution in [1.29, 1.82) is 0 Å². The zero-order valence-electron chi connectivity index (χ0n) is 12.5. The summed E-state index contributed by atoms with van der Waals surface area (Å²) in [4.78, 5) is 25.9. The molecule has 0 bridgehead atoms. The van der Waals surface area contributed by atoms with Crippen molar-refractivity contribution < 1.29 is 24.2 Å². The molecule has 0 saturated carbocycles. The Bertz CT molecular complexity index is 607. The number of aryl methyl sites for hydroxylation is 1. The minimum Gasteiger partial charge on any atom is -0.478 e. The number of morpholine rings is 1. The predicted octanol–water partition coefficient (Wildman–Crippen LogP) is 1.32. The van der Waals surface area contributed by atoms with Gasteiger partial charge >= 0.3 is 5.97 Å². The molecule has 1 N–H and O–H groups in total. The minimum absolute atomic E-state index is 0.133. The number of ether oxygens (including phenoxy) is 2. The first-order chi connectivity index (χ1) is 10.5. The summed E-state index contributed by atoms with van der Waals surface area (Å²) in [6.07, 6.45) is 0.746. The van der Waals surface area contributed by atoms with Gasteiger partial charge in [-0.2, -0.15) is 0 Å². The van der Waals surface area contributed by atoms with Gasteiger partial charge in [0, 0.05) is 18.7 Å². The van der Waals surface area contributed by atoms with Crippen LogP contribution in [0.5, 0.6) is 0 Å². The van der Waals surface area contributed by atoms with Crippen molar-refractivity contribution in [2.24, 2.45) is 0 Å². The maximum Gasteiger partial charge on any atom is 0.335 e. The van der Waals surface area contributed by atoms with Crippen LogP contribution in [0.2, 0.25) is 0 Å². The van der Waals surface area contributed by atoms with Gasteiger partial charge in [-0.1, -0.05) is 0 Å². The number of benzene rings is 1. The van der Waals surface area contributed by atoms with Gasteiger partial charge in [-0.3, -0.25) is 4.79 Å². The van der Waals surface area contributed by atoms with E-state index in [2.05, 4.69) is 0 Å². The highest BCUT2D eigenvalue weighted by atomic mass is 16.5. The van der Waals surface area contributed by atoms with Gasteiger partial charge in [-0.25, -0.2) is 4.79 Å². The average Bonchev–Trinajstić information content (AvgIpc) is 2.95. The quantitative estimate of drug-likeness (QED) is 0.892. The number of nitrogens with zero attached hydrogens (tertiary/aromatic N) is 1. The summed E-state index contributed by atoms with van der Waals surface area (Å²) < 4.78 is 11.0. The monoisotopic (exact) mass is 305 g/mol. The lowest BCUT2D eigenvalue weighted by atomic mass is 9.94. The molecule has 1 spiro atoms. The molecular formula is C16H19NO5. The van der Waals surface area contributed by atoms with Crippen molar-refractivity contribution in [3.05, 3.63) is 34.9 Å². The summed E-state index contributed by atoms with van der Waals surface area (Å²) in [5.74, 6) is -1.18. The van der Waals surface area contributed by atoms with Crippen LogP contribution in [0.3, 0.4) is 0 Å². The van der Waals surface area contributed by atoms with Gasteiger partial charge in [0.15, 0.2) is 0 Å². The van der Waals surface area contributed by atoms with Crippen LogP contribution in [0.4, 0.5) is 0 Å². The molecule has 2 aliphatic rings. The fourth-order valence-corrected chi connectivity index (χ4v) is 3.16. The molecule has 6 heteroatoms. The van der Waals surface area contributed by atoms with E-state index in [1.54, 1.807) is 24.0 Å². The van der Waals surface area contributed by atoms with E-state index in [-0.39, 0.29) is 11.5 Å². The van der Waals surface area contributed by atoms with Gasteiger partial charge in [0.25, 0.3) is 5.91 Å². The molecule has 0 aromatic heterocycles. The number of hydrogen-bond donors (Lipinski definition) is 1. The lowest BCUT2D eigenvalue weighted by Gasteiger charge is -2.43. The van der Waals surface area contributed by atoms with Gasteiger partial charge in [0.05, 0.1) is 30.9 Å². The normalized spacial score (nSPS) is 24.7. The van der Waals surface area contributed by atoms with Crippen LogP contribution in [0.25, 0.3) is 0 Å². The van der Waals surface area contributed by atoms with Crippen LogP contribution in [0.1, 0.15) is 32.7 Å². The van der Waals surface area contributed by atoms with E-state index in [4.69, 9.17) is 14.6 Å². The van der Waals surface area contributed by atoms with Crippen molar-refractivity contribution in [3.63, 3.8) is 0 Å². The van der Waals surface area contributed by atoms with E-state index in [9.17, 15) is 9.59 Å². The number of carboxylic acids is 1. The van der Waals surface area contributed by atoms with Crippen LogP contribution in [0.15, 0.2) is 18.2 Å². The summed E-state index contributed by atoms with van der Waals surface area (Å²) >= 11 is 0. The maximum absolute atomic E-state index is 12.9. The second-order valence-electron chi connectivity index (χ2n) is 5.93. The summed E-state index contributed by atoms with van der Waals surface area (Å²) in [6.45, 7) is 4.33. The van der Waals surface area contributed by atoms with Crippen LogP contribution >= 0.6 is 0 Å². The lowest BCUT2D eigenvalue weighted by Crippen LogP contribution is -2.59. The molecule has 1 atom stereocenters. The number of carboxylic acid groups (broad SMARTS) is 1. The van der Waals surface area contributed by atoms with E-state index in [1.165, 1.54) is 6.07 Å². The average molecular weight is 305 g/mol. The Morgan fingerprint density at radius 3 is 2.50 bits per heavy atom. The van der Waals surface area contributed by atoms with E-state index >= 15 is 0 Å². The molecule has 2 fully saturated rings. The van der Waals surface area contributed by atoms with Crippen molar-refractivity contribution in [2.75, 3.05) is 33.0 Å². The Hall–Kier alpha value is -1.92. The van der Waals surface area contributed by atoms with Crippen molar-refractivity contribution >= 4 is 11.9 Å². The third kappa shape index (κ3) is 2.60. The first-order valence-electron chi connectivity index (χ1n) is 7.34. The van der Waals surface area contributed by atoms with E-state index in [1.807, 2.05) is 0 Å². The number of amides is 1. The molecule has 1 unspecified atom stereocenters. The van der Waals surface area contributed by atoms with Crippen molar-refractivity contribution in [3.8, 4) is 0 Å². The molecule has 0 radical (unpaired) electrons. The standard InChI is InChI=1S/C16H19NO5/c1-11-6-12(8-13(7-11)15(19)20)14(18)17-3-5-22-10-16(17)2-4-21-9-16/h6-8H,2-5,9-10H2,1H3,(H,19,20). The number of carbonyl (C=O) groups excluding carboxylic acids is 1. The van der Waals surface area contributed by atoms with Crippen LogP contribution < -0.4 is 0 Å². The summed E-state index contributed by atoms with van der Waals surface area (Å²) in [5, 5.41) is 9.17. The van der Waals surface area contributed by atoms with Crippen LogP contribution in [-0.4, -0.2) is 60.4 Å². The molecule has 1 aromatic rings.